The van der Waals surface area contributed by atoms with Crippen molar-refractivity contribution in [1.29, 1.82) is 0 Å². The van der Waals surface area contributed by atoms with Crippen molar-refractivity contribution in [2.45, 2.75) is 39.7 Å². The third-order valence-corrected chi connectivity index (χ3v) is 2.20. The zero-order chi connectivity index (χ0) is 9.68. The molecule has 1 atom stereocenters. The Morgan fingerprint density at radius 2 is 2.23 bits per heavy atom. The molecule has 1 unspecified atom stereocenters. The van der Waals surface area contributed by atoms with E-state index in [1.807, 2.05) is 12.3 Å². The number of nitrogens with one attached hydrogen (secondary N) is 1. The molecule has 1 aromatic heterocycles. The van der Waals surface area contributed by atoms with Crippen LogP contribution in [0.25, 0.3) is 0 Å². The van der Waals surface area contributed by atoms with Crippen molar-refractivity contribution in [1.82, 2.24) is 4.98 Å². The number of nitrogens with zero attached hydrogens (tertiary/aromatic N) is 1. The fourth-order valence-corrected chi connectivity index (χ4v) is 1.15. The topological polar surface area (TPSA) is 24.9 Å². The number of rotatable bonds is 4. The van der Waals surface area contributed by atoms with Crippen LogP contribution in [0.15, 0.2) is 18.3 Å². The summed E-state index contributed by atoms with van der Waals surface area (Å²) in [5, 5.41) is 3.43. The molecule has 0 fully saturated rings. The van der Waals surface area contributed by atoms with Gasteiger partial charge in [-0.25, -0.2) is 0 Å². The first kappa shape index (κ1) is 10.0. The van der Waals surface area contributed by atoms with Crippen LogP contribution in [0.1, 0.15) is 32.9 Å². The zero-order valence-corrected chi connectivity index (χ0v) is 8.67. The van der Waals surface area contributed by atoms with E-state index < -0.39 is 0 Å². The Balaban J connectivity index is 2.66. The van der Waals surface area contributed by atoms with Gasteiger partial charge in [0.05, 0.1) is 0 Å². The van der Waals surface area contributed by atoms with Crippen LogP contribution >= 0.6 is 0 Å². The van der Waals surface area contributed by atoms with E-state index in [1.54, 1.807) is 0 Å². The molecule has 0 aliphatic rings. The van der Waals surface area contributed by atoms with Crippen molar-refractivity contribution >= 4 is 5.69 Å². The second-order valence-corrected chi connectivity index (χ2v) is 3.34. The number of anilines is 1. The van der Waals surface area contributed by atoms with Gasteiger partial charge in [0.25, 0.3) is 0 Å². The van der Waals surface area contributed by atoms with Gasteiger partial charge in [0, 0.05) is 23.6 Å². The minimum absolute atomic E-state index is 0.534. The molecule has 0 spiro atoms. The van der Waals surface area contributed by atoms with E-state index in [9.17, 15) is 0 Å². The molecule has 0 aromatic carbocycles. The molecule has 0 bridgehead atoms. The molecule has 2 nitrogen and oxygen atoms in total. The van der Waals surface area contributed by atoms with Crippen molar-refractivity contribution in [2.75, 3.05) is 5.32 Å². The highest BCUT2D eigenvalue weighted by Crippen LogP contribution is 2.10. The smallest absolute Gasteiger partial charge is 0.0421 e. The lowest BCUT2D eigenvalue weighted by Crippen LogP contribution is -2.13. The van der Waals surface area contributed by atoms with E-state index >= 15 is 0 Å². The van der Waals surface area contributed by atoms with Gasteiger partial charge in [-0.15, -0.1) is 0 Å². The van der Waals surface area contributed by atoms with Gasteiger partial charge in [-0.3, -0.25) is 4.98 Å². The van der Waals surface area contributed by atoms with E-state index in [-0.39, 0.29) is 0 Å². The highest BCUT2D eigenvalue weighted by molar-refractivity contribution is 5.43. The average molecular weight is 178 g/mol. The van der Waals surface area contributed by atoms with Gasteiger partial charge in [-0.1, -0.05) is 13.8 Å². The number of hydrogen-bond acceptors (Lipinski definition) is 2. The fourth-order valence-electron chi connectivity index (χ4n) is 1.15. The minimum Gasteiger partial charge on any atom is -0.383 e. The third-order valence-electron chi connectivity index (χ3n) is 2.20. The van der Waals surface area contributed by atoms with Crippen LogP contribution in [0.3, 0.4) is 0 Å². The quantitative estimate of drug-likeness (QED) is 0.766. The van der Waals surface area contributed by atoms with Crippen molar-refractivity contribution in [3.8, 4) is 0 Å². The van der Waals surface area contributed by atoms with Crippen LogP contribution in [-0.4, -0.2) is 11.0 Å². The summed E-state index contributed by atoms with van der Waals surface area (Å²) >= 11 is 0. The van der Waals surface area contributed by atoms with Gasteiger partial charge < -0.3 is 5.32 Å². The Morgan fingerprint density at radius 3 is 2.85 bits per heavy atom. The molecule has 0 saturated heterocycles. The molecule has 0 aliphatic carbocycles. The van der Waals surface area contributed by atoms with Crippen LogP contribution in [0.5, 0.6) is 0 Å². The van der Waals surface area contributed by atoms with Gasteiger partial charge in [-0.05, 0) is 31.9 Å². The normalized spacial score (nSPS) is 12.5. The fraction of sp³-hybridized carbons (Fsp3) is 0.545. The average Bonchev–Trinajstić information content (AvgIpc) is 2.18. The first-order valence-electron chi connectivity index (χ1n) is 4.97. The summed E-state index contributed by atoms with van der Waals surface area (Å²) in [6.45, 7) is 6.49. The summed E-state index contributed by atoms with van der Waals surface area (Å²) in [5.74, 6) is 0. The van der Waals surface area contributed by atoms with Crippen molar-refractivity contribution < 1.29 is 0 Å². The monoisotopic (exact) mass is 178 g/mol. The lowest BCUT2D eigenvalue weighted by Gasteiger charge is -2.13. The molecule has 72 valence electrons. The molecule has 1 aromatic rings. The first-order chi connectivity index (χ1) is 6.26. The molecule has 0 aliphatic heterocycles. The molecule has 2 heteroatoms. The van der Waals surface area contributed by atoms with E-state index in [1.165, 1.54) is 5.69 Å². The maximum atomic E-state index is 4.25. The van der Waals surface area contributed by atoms with Crippen molar-refractivity contribution in [3.05, 3.63) is 24.0 Å². The van der Waals surface area contributed by atoms with E-state index in [2.05, 4.69) is 37.1 Å². The minimum atomic E-state index is 0.534. The van der Waals surface area contributed by atoms with Gasteiger partial charge in [0.2, 0.25) is 0 Å². The molecule has 0 radical (unpaired) electrons. The molecule has 1 rings (SSSR count). The summed E-state index contributed by atoms with van der Waals surface area (Å²) in [6, 6.07) is 4.67. The molecular weight excluding hydrogens is 160 g/mol. The second-order valence-electron chi connectivity index (χ2n) is 3.34. The maximum Gasteiger partial charge on any atom is 0.0421 e. The first-order valence-corrected chi connectivity index (χ1v) is 4.97. The Hall–Kier alpha value is -1.05. The van der Waals surface area contributed by atoms with E-state index in [0.29, 0.717) is 6.04 Å². The Bertz CT molecular complexity index is 258. The van der Waals surface area contributed by atoms with Crippen molar-refractivity contribution in [2.24, 2.45) is 0 Å². The summed E-state index contributed by atoms with van der Waals surface area (Å²) in [7, 11) is 0. The predicted molar refractivity (Wildman–Crippen MR) is 57.0 cm³/mol. The van der Waals surface area contributed by atoms with Crippen LogP contribution in [0, 0.1) is 0 Å². The van der Waals surface area contributed by atoms with Crippen LogP contribution in [-0.2, 0) is 6.42 Å². The molecule has 1 heterocycles. The van der Waals surface area contributed by atoms with Gasteiger partial charge in [0.1, 0.15) is 0 Å². The number of aryl methyl sites for hydroxylation is 1. The Morgan fingerprint density at radius 1 is 1.46 bits per heavy atom. The van der Waals surface area contributed by atoms with E-state index in [0.717, 1.165) is 18.5 Å². The summed E-state index contributed by atoms with van der Waals surface area (Å²) in [6.07, 6.45) is 4.00. The summed E-state index contributed by atoms with van der Waals surface area (Å²) in [4.78, 5) is 4.25. The molecular formula is C11H18N2. The number of pyridine rings is 1. The third kappa shape index (κ3) is 3.05. The largest absolute Gasteiger partial charge is 0.383 e. The molecule has 0 saturated carbocycles. The highest BCUT2D eigenvalue weighted by atomic mass is 14.9. The Kier molecular flexibility index (Phi) is 3.74. The molecule has 13 heavy (non-hydrogen) atoms. The van der Waals surface area contributed by atoms with Crippen LogP contribution in [0.2, 0.25) is 0 Å². The number of aromatic nitrogens is 1. The predicted octanol–water partition coefficient (Wildman–Crippen LogP) is 2.85. The van der Waals surface area contributed by atoms with E-state index in [4.69, 9.17) is 0 Å². The number of hydrogen-bond donors (Lipinski definition) is 1. The van der Waals surface area contributed by atoms with Crippen LogP contribution in [0.4, 0.5) is 5.69 Å². The Labute approximate surface area is 80.4 Å². The van der Waals surface area contributed by atoms with Crippen molar-refractivity contribution in [3.63, 3.8) is 0 Å². The van der Waals surface area contributed by atoms with Crippen LogP contribution < -0.4 is 5.32 Å². The molecule has 1 N–H and O–H groups in total. The lowest BCUT2D eigenvalue weighted by atomic mass is 10.2. The summed E-state index contributed by atoms with van der Waals surface area (Å²) in [5.41, 5.74) is 2.33. The standard InChI is InChI=1S/C11H18N2/c1-4-9(3)13-11-6-7-12-10(5-2)8-11/h6-9H,4-5H2,1-3H3,(H,12,13). The van der Waals surface area contributed by atoms with Gasteiger partial charge in [-0.2, -0.15) is 0 Å². The zero-order valence-electron chi connectivity index (χ0n) is 8.67. The highest BCUT2D eigenvalue weighted by Gasteiger charge is 1.99. The lowest BCUT2D eigenvalue weighted by molar-refractivity contribution is 0.763. The SMILES string of the molecule is CCc1cc(NC(C)CC)ccn1. The van der Waals surface area contributed by atoms with Gasteiger partial charge >= 0.3 is 0 Å². The maximum absolute atomic E-state index is 4.25. The van der Waals surface area contributed by atoms with Gasteiger partial charge in [0.15, 0.2) is 0 Å². The second kappa shape index (κ2) is 4.85. The summed E-state index contributed by atoms with van der Waals surface area (Å²) < 4.78 is 0. The molecule has 0 amide bonds.